The molecule has 3 heterocycles. The van der Waals surface area contributed by atoms with Crippen LogP contribution in [0.2, 0.25) is 0 Å². The van der Waals surface area contributed by atoms with Crippen LogP contribution in [-0.2, 0) is 14.3 Å². The molecular formula is C34H49N8O5S+. The summed E-state index contributed by atoms with van der Waals surface area (Å²) in [5.74, 6) is 1.95. The number of anilines is 1. The van der Waals surface area contributed by atoms with Crippen LogP contribution in [0.15, 0.2) is 54.5 Å². The van der Waals surface area contributed by atoms with Crippen LogP contribution in [0.1, 0.15) is 90.0 Å². The van der Waals surface area contributed by atoms with Gasteiger partial charge in [0.05, 0.1) is 18.5 Å². The van der Waals surface area contributed by atoms with Crippen LogP contribution in [0.4, 0.5) is 10.7 Å². The summed E-state index contributed by atoms with van der Waals surface area (Å²) < 4.78 is 36.2. The standard InChI is InChI=1S/C34H48N8O5S/c1-22-10-9-11-23(2)42(22)33-40-39-31-17-14-24(21-41(31)33)47-28-16-15-27(25-12-7-8-13-26(25)28)37-32(43)38-30(20-29(35)34(3,4)5)36-18-19-46-48(6,44)45/h7-8,12-14,17,20-23,27-28,35-36H,9-11,15-16,18-19H2,1-6H3,(H2,37,38,43)/p+1. The van der Waals surface area contributed by atoms with Gasteiger partial charge in [-0.15, -0.1) is 10.2 Å². The monoisotopic (exact) mass is 681 g/mol. The number of rotatable bonds is 11. The first-order valence-corrected chi connectivity index (χ1v) is 18.5. The second kappa shape index (κ2) is 14.6. The van der Waals surface area contributed by atoms with Crippen LogP contribution in [0.25, 0.3) is 5.65 Å². The summed E-state index contributed by atoms with van der Waals surface area (Å²) in [4.78, 5) is 15.7. The van der Waals surface area contributed by atoms with E-state index < -0.39 is 21.6 Å². The second-order valence-corrected chi connectivity index (χ2v) is 15.5. The Morgan fingerprint density at radius 3 is 2.46 bits per heavy atom. The molecule has 1 aliphatic heterocycles. The maximum atomic E-state index is 13.3. The molecule has 260 valence electrons. The van der Waals surface area contributed by atoms with Crippen LogP contribution in [-0.4, -0.2) is 66.2 Å². The number of allylic oxidation sites excluding steroid dienone is 1. The van der Waals surface area contributed by atoms with E-state index in [9.17, 15) is 13.2 Å². The number of hydrogen-bond donors (Lipinski definition) is 4. The highest BCUT2D eigenvalue weighted by molar-refractivity contribution is 7.85. The molecule has 2 aromatic heterocycles. The quantitative estimate of drug-likeness (QED) is 0.133. The topological polar surface area (TPSA) is 168 Å². The van der Waals surface area contributed by atoms with E-state index in [1.165, 1.54) is 6.42 Å². The number of nitrogens with two attached hydrogens (primary N) is 1. The summed E-state index contributed by atoms with van der Waals surface area (Å²) in [6, 6.07) is 11.9. The average molecular weight is 682 g/mol. The van der Waals surface area contributed by atoms with Gasteiger partial charge in [0.25, 0.3) is 10.1 Å². The van der Waals surface area contributed by atoms with E-state index in [-0.39, 0.29) is 25.3 Å². The van der Waals surface area contributed by atoms with Gasteiger partial charge in [0.1, 0.15) is 25.0 Å². The molecule has 5 rings (SSSR count). The molecule has 13 nitrogen and oxygen atoms in total. The van der Waals surface area contributed by atoms with Crippen LogP contribution in [0.5, 0.6) is 5.75 Å². The highest BCUT2D eigenvalue weighted by atomic mass is 32.2. The van der Waals surface area contributed by atoms with Crippen molar-refractivity contribution in [2.45, 2.75) is 91.0 Å². The molecule has 14 heteroatoms. The number of pyridine rings is 1. The average Bonchev–Trinajstić information content (AvgIpc) is 3.42. The predicted molar refractivity (Wildman–Crippen MR) is 185 cm³/mol. The lowest BCUT2D eigenvalue weighted by Gasteiger charge is -2.39. The molecular weight excluding hydrogens is 632 g/mol. The molecule has 4 unspecified atom stereocenters. The van der Waals surface area contributed by atoms with Gasteiger partial charge in [-0.25, -0.2) is 4.79 Å². The van der Waals surface area contributed by atoms with E-state index in [2.05, 4.69) is 39.6 Å². The van der Waals surface area contributed by atoms with Crippen molar-refractivity contribution in [1.82, 2.24) is 25.2 Å². The van der Waals surface area contributed by atoms with E-state index in [4.69, 9.17) is 14.3 Å². The molecule has 48 heavy (non-hydrogen) atoms. The Balaban J connectivity index is 1.29. The molecule has 0 saturated carbocycles. The number of aromatic nitrogens is 3. The lowest BCUT2D eigenvalue weighted by molar-refractivity contribution is -0.611. The van der Waals surface area contributed by atoms with Gasteiger partial charge in [-0.1, -0.05) is 45.0 Å². The van der Waals surface area contributed by atoms with E-state index in [0.717, 1.165) is 47.6 Å². The minimum absolute atomic E-state index is 0.0676. The Morgan fingerprint density at radius 1 is 1.06 bits per heavy atom. The van der Waals surface area contributed by atoms with Crippen LogP contribution >= 0.6 is 0 Å². The maximum Gasteiger partial charge on any atom is 0.323 e. The second-order valence-electron chi connectivity index (χ2n) is 13.9. The van der Waals surface area contributed by atoms with E-state index >= 15 is 0 Å². The number of hydrogen-bond acceptors (Lipinski definition) is 9. The number of ether oxygens (including phenoxy) is 1. The molecule has 1 fully saturated rings. The van der Waals surface area contributed by atoms with Crippen molar-refractivity contribution in [3.05, 3.63) is 65.6 Å². The molecule has 0 bridgehead atoms. The van der Waals surface area contributed by atoms with Crippen molar-refractivity contribution < 1.29 is 27.4 Å². The van der Waals surface area contributed by atoms with Crippen molar-refractivity contribution in [3.8, 4) is 5.75 Å². The number of carbonyl (C=O) groups excluding carboxylic acids is 1. The Kier molecular flexibility index (Phi) is 10.8. The van der Waals surface area contributed by atoms with Gasteiger partial charge in [-0.05, 0) is 69.2 Å². The molecule has 1 aromatic carbocycles. The first-order chi connectivity index (χ1) is 22.7. The Morgan fingerprint density at radius 2 is 1.77 bits per heavy atom. The molecule has 4 atom stereocenters. The van der Waals surface area contributed by atoms with Gasteiger partial charge in [0, 0.05) is 29.3 Å². The number of quaternary nitrogens is 1. The molecule has 3 aromatic rings. The van der Waals surface area contributed by atoms with Gasteiger partial charge in [0.15, 0.2) is 5.65 Å². The van der Waals surface area contributed by atoms with Gasteiger partial charge >= 0.3 is 6.03 Å². The molecule has 0 spiro atoms. The summed E-state index contributed by atoms with van der Waals surface area (Å²) >= 11 is 0. The Bertz CT molecular complexity index is 1760. The lowest BCUT2D eigenvalue weighted by Crippen LogP contribution is -2.86. The third-order valence-electron chi connectivity index (χ3n) is 8.95. The number of urea groups is 1. The highest BCUT2D eigenvalue weighted by Crippen LogP contribution is 2.39. The zero-order valence-electron chi connectivity index (χ0n) is 28.7. The predicted octanol–water partition coefficient (Wildman–Crippen LogP) is 4.20. The SMILES string of the molecule is CC1CCCC(C)N1c1nnc2ccc(OC3CCC(NC(=O)NC(=CC(=N)C(C)(C)C)[NH2+]CCOS(C)(=O)=O)c4ccccc43)cn12. The van der Waals surface area contributed by atoms with Crippen molar-refractivity contribution >= 4 is 33.5 Å². The fourth-order valence-corrected chi connectivity index (χ4v) is 6.76. The lowest BCUT2D eigenvalue weighted by atomic mass is 9.85. The summed E-state index contributed by atoms with van der Waals surface area (Å²) in [6.45, 7) is 10.4. The summed E-state index contributed by atoms with van der Waals surface area (Å²) in [6.07, 6.45) is 9.13. The van der Waals surface area contributed by atoms with Crippen molar-refractivity contribution in [2.75, 3.05) is 24.3 Å². The van der Waals surface area contributed by atoms with Crippen molar-refractivity contribution in [2.24, 2.45) is 5.41 Å². The number of nitrogens with zero attached hydrogens (tertiary/aromatic N) is 4. The summed E-state index contributed by atoms with van der Waals surface area (Å²) in [7, 11) is -3.58. The zero-order chi connectivity index (χ0) is 34.6. The minimum atomic E-state index is -3.58. The molecule has 1 aliphatic carbocycles. The fraction of sp³-hybridized carbons (Fsp3) is 0.529. The number of benzene rings is 1. The smallest absolute Gasteiger partial charge is 0.323 e. The third kappa shape index (κ3) is 8.71. The molecule has 2 aliphatic rings. The third-order valence-corrected chi connectivity index (χ3v) is 9.54. The van der Waals surface area contributed by atoms with Crippen molar-refractivity contribution in [3.63, 3.8) is 0 Å². The van der Waals surface area contributed by atoms with Gasteiger partial charge in [-0.3, -0.25) is 19.2 Å². The summed E-state index contributed by atoms with van der Waals surface area (Å²) in [5, 5.41) is 25.0. The van der Waals surface area contributed by atoms with Crippen LogP contribution in [0, 0.1) is 10.8 Å². The number of amides is 2. The maximum absolute atomic E-state index is 13.3. The normalized spacial score (nSPS) is 21.9. The number of fused-ring (bicyclic) bond motifs is 2. The summed E-state index contributed by atoms with van der Waals surface area (Å²) in [5.41, 5.74) is 2.63. The molecule has 2 amide bonds. The van der Waals surface area contributed by atoms with E-state index in [1.807, 2.05) is 67.8 Å². The Labute approximate surface area is 283 Å². The minimum Gasteiger partial charge on any atom is -0.484 e. The van der Waals surface area contributed by atoms with Gasteiger partial charge in [-0.2, -0.15) is 8.42 Å². The highest BCUT2D eigenvalue weighted by Gasteiger charge is 2.31. The number of nitrogens with one attached hydrogen (secondary N) is 3. The number of carbonyl (C=O) groups is 1. The van der Waals surface area contributed by atoms with E-state index in [1.54, 1.807) is 11.4 Å². The molecule has 1 saturated heterocycles. The first kappa shape index (κ1) is 35.3. The van der Waals surface area contributed by atoms with E-state index in [0.29, 0.717) is 36.5 Å². The fourth-order valence-electron chi connectivity index (χ4n) is 6.36. The molecule has 5 N–H and O–H groups in total. The first-order valence-electron chi connectivity index (χ1n) is 16.6. The molecule has 0 radical (unpaired) electrons. The zero-order valence-corrected chi connectivity index (χ0v) is 29.5. The van der Waals surface area contributed by atoms with Gasteiger partial charge < -0.3 is 20.4 Å². The van der Waals surface area contributed by atoms with Gasteiger partial charge in [0.2, 0.25) is 11.8 Å². The van der Waals surface area contributed by atoms with Crippen LogP contribution in [0.3, 0.4) is 0 Å². The van der Waals surface area contributed by atoms with Crippen LogP contribution < -0.4 is 25.6 Å². The number of piperidine rings is 1. The Hall–Kier alpha value is -4.01. The van der Waals surface area contributed by atoms with Crippen molar-refractivity contribution in [1.29, 1.82) is 5.41 Å². The largest absolute Gasteiger partial charge is 0.484 e.